The molecule has 166 valence electrons. The van der Waals surface area contributed by atoms with Crippen molar-refractivity contribution >= 4 is 17.7 Å². The minimum atomic E-state index is -0.232. The lowest BCUT2D eigenvalue weighted by atomic mass is 10.1. The molecule has 0 aromatic heterocycles. The number of likely N-dealkylation sites (N-methyl/N-ethyl adjacent to an activating group) is 1. The maximum atomic E-state index is 12.3. The number of hydrogen-bond donors (Lipinski definition) is 1. The lowest BCUT2D eigenvalue weighted by molar-refractivity contribution is -0.111. The molecule has 1 aliphatic heterocycles. The van der Waals surface area contributed by atoms with Crippen molar-refractivity contribution < 1.29 is 23.7 Å². The number of amides is 1. The molecular formula is C24H30N2O5. The standard InChI is InChI=1S/C24H30N2O5/c1-4-26(5-2)12-13-29-20-9-7-19(8-10-20)25-23(27)11-6-18-16-21(28-3)24-22(17-18)30-14-15-31-24/h6-11,16-17H,4-5,12-15H2,1-3H3,(H,25,27). The first kappa shape index (κ1) is 22.5. The molecule has 1 heterocycles. The van der Waals surface area contributed by atoms with Crippen molar-refractivity contribution in [2.75, 3.05) is 51.9 Å². The molecule has 1 amide bonds. The molecule has 0 unspecified atom stereocenters. The molecule has 2 aromatic carbocycles. The number of ether oxygens (including phenoxy) is 4. The third kappa shape index (κ3) is 6.39. The van der Waals surface area contributed by atoms with Gasteiger partial charge in [0.15, 0.2) is 11.5 Å². The van der Waals surface area contributed by atoms with Crippen LogP contribution in [-0.2, 0) is 4.79 Å². The molecule has 0 radical (unpaired) electrons. The Kier molecular flexibility index (Phi) is 8.18. The Morgan fingerprint density at radius 1 is 1.13 bits per heavy atom. The summed E-state index contributed by atoms with van der Waals surface area (Å²) in [7, 11) is 1.57. The van der Waals surface area contributed by atoms with Crippen molar-refractivity contribution in [2.45, 2.75) is 13.8 Å². The number of anilines is 1. The van der Waals surface area contributed by atoms with Crippen molar-refractivity contribution in [1.82, 2.24) is 4.90 Å². The van der Waals surface area contributed by atoms with Crippen molar-refractivity contribution in [3.8, 4) is 23.0 Å². The molecular weight excluding hydrogens is 396 g/mol. The van der Waals surface area contributed by atoms with Crippen molar-refractivity contribution in [1.29, 1.82) is 0 Å². The fraction of sp³-hybridized carbons (Fsp3) is 0.375. The number of hydrogen-bond acceptors (Lipinski definition) is 6. The van der Waals surface area contributed by atoms with Crippen LogP contribution in [0, 0.1) is 0 Å². The first-order valence-electron chi connectivity index (χ1n) is 10.5. The highest BCUT2D eigenvalue weighted by atomic mass is 16.6. The molecule has 1 aliphatic rings. The van der Waals surface area contributed by atoms with Crippen LogP contribution in [0.4, 0.5) is 5.69 Å². The van der Waals surface area contributed by atoms with Crippen LogP contribution in [0.1, 0.15) is 19.4 Å². The van der Waals surface area contributed by atoms with E-state index in [0.29, 0.717) is 42.8 Å². The van der Waals surface area contributed by atoms with Gasteiger partial charge in [0, 0.05) is 18.3 Å². The van der Waals surface area contributed by atoms with Gasteiger partial charge in [0.2, 0.25) is 11.7 Å². The Hall–Kier alpha value is -3.19. The number of nitrogens with zero attached hydrogens (tertiary/aromatic N) is 1. The van der Waals surface area contributed by atoms with Gasteiger partial charge in [0.05, 0.1) is 7.11 Å². The second kappa shape index (κ2) is 11.3. The number of carbonyl (C=O) groups excluding carboxylic acids is 1. The van der Waals surface area contributed by atoms with E-state index in [2.05, 4.69) is 24.1 Å². The monoisotopic (exact) mass is 426 g/mol. The molecule has 0 atom stereocenters. The summed E-state index contributed by atoms with van der Waals surface area (Å²) in [5, 5.41) is 2.85. The lowest BCUT2D eigenvalue weighted by Gasteiger charge is -2.20. The van der Waals surface area contributed by atoms with E-state index in [1.807, 2.05) is 36.4 Å². The third-order valence-corrected chi connectivity index (χ3v) is 4.97. The molecule has 0 bridgehead atoms. The molecule has 31 heavy (non-hydrogen) atoms. The molecule has 0 saturated carbocycles. The van der Waals surface area contributed by atoms with Crippen LogP contribution in [-0.4, -0.2) is 57.4 Å². The molecule has 7 nitrogen and oxygen atoms in total. The van der Waals surface area contributed by atoms with Gasteiger partial charge in [0.25, 0.3) is 0 Å². The molecule has 0 fully saturated rings. The van der Waals surface area contributed by atoms with Gasteiger partial charge in [-0.15, -0.1) is 0 Å². The summed E-state index contributed by atoms with van der Waals surface area (Å²) >= 11 is 0. The summed E-state index contributed by atoms with van der Waals surface area (Å²) in [5.41, 5.74) is 1.48. The highest BCUT2D eigenvalue weighted by Gasteiger charge is 2.17. The maximum absolute atomic E-state index is 12.3. The third-order valence-electron chi connectivity index (χ3n) is 4.97. The van der Waals surface area contributed by atoms with Gasteiger partial charge in [-0.2, -0.15) is 0 Å². The molecule has 1 N–H and O–H groups in total. The van der Waals surface area contributed by atoms with Gasteiger partial charge >= 0.3 is 0 Å². The summed E-state index contributed by atoms with van der Waals surface area (Å²) in [6.45, 7) is 8.80. The van der Waals surface area contributed by atoms with Gasteiger partial charge < -0.3 is 29.2 Å². The Labute approximate surface area is 183 Å². The zero-order chi connectivity index (χ0) is 22.1. The minimum Gasteiger partial charge on any atom is -0.493 e. The van der Waals surface area contributed by atoms with E-state index in [-0.39, 0.29) is 5.91 Å². The lowest BCUT2D eigenvalue weighted by Crippen LogP contribution is -2.27. The van der Waals surface area contributed by atoms with E-state index in [1.54, 1.807) is 13.2 Å². The van der Waals surface area contributed by atoms with Crippen molar-refractivity contribution in [2.24, 2.45) is 0 Å². The molecule has 0 saturated heterocycles. The topological polar surface area (TPSA) is 69.3 Å². The smallest absolute Gasteiger partial charge is 0.248 e. The SMILES string of the molecule is CCN(CC)CCOc1ccc(NC(=O)C=Cc2cc(OC)c3c(c2)OCCO3)cc1. The van der Waals surface area contributed by atoms with E-state index in [0.717, 1.165) is 30.9 Å². The van der Waals surface area contributed by atoms with Crippen LogP contribution in [0.3, 0.4) is 0 Å². The average Bonchev–Trinajstić information content (AvgIpc) is 2.81. The largest absolute Gasteiger partial charge is 0.493 e. The summed E-state index contributed by atoms with van der Waals surface area (Å²) in [5.74, 6) is 2.33. The average molecular weight is 427 g/mol. The van der Waals surface area contributed by atoms with Crippen LogP contribution in [0.5, 0.6) is 23.0 Å². The number of fused-ring (bicyclic) bond motifs is 1. The fourth-order valence-electron chi connectivity index (χ4n) is 3.21. The Bertz CT molecular complexity index is 874. The second-order valence-corrected chi connectivity index (χ2v) is 6.97. The van der Waals surface area contributed by atoms with Crippen molar-refractivity contribution in [3.05, 3.63) is 48.0 Å². The van der Waals surface area contributed by atoms with Crippen LogP contribution in [0.2, 0.25) is 0 Å². The highest BCUT2D eigenvalue weighted by molar-refractivity contribution is 6.02. The molecule has 3 rings (SSSR count). The predicted octanol–water partition coefficient (Wildman–Crippen LogP) is 3.84. The normalized spacial score (nSPS) is 12.8. The van der Waals surface area contributed by atoms with E-state index < -0.39 is 0 Å². The zero-order valence-corrected chi connectivity index (χ0v) is 18.3. The number of nitrogens with one attached hydrogen (secondary N) is 1. The fourth-order valence-corrected chi connectivity index (χ4v) is 3.21. The van der Waals surface area contributed by atoms with E-state index in [4.69, 9.17) is 18.9 Å². The quantitative estimate of drug-likeness (QED) is 0.582. The van der Waals surface area contributed by atoms with Crippen LogP contribution in [0.15, 0.2) is 42.5 Å². The number of carbonyl (C=O) groups is 1. The number of rotatable bonds is 10. The van der Waals surface area contributed by atoms with Gasteiger partial charge in [-0.1, -0.05) is 13.8 Å². The zero-order valence-electron chi connectivity index (χ0n) is 18.3. The van der Waals surface area contributed by atoms with Gasteiger partial charge in [-0.05, 0) is 61.1 Å². The minimum absolute atomic E-state index is 0.232. The maximum Gasteiger partial charge on any atom is 0.248 e. The molecule has 0 aliphatic carbocycles. The van der Waals surface area contributed by atoms with E-state index in [9.17, 15) is 4.79 Å². The Balaban J connectivity index is 1.54. The number of benzene rings is 2. The van der Waals surface area contributed by atoms with Crippen molar-refractivity contribution in [3.63, 3.8) is 0 Å². The molecule has 0 spiro atoms. The molecule has 7 heteroatoms. The van der Waals surface area contributed by atoms with Crippen LogP contribution < -0.4 is 24.3 Å². The van der Waals surface area contributed by atoms with Crippen LogP contribution >= 0.6 is 0 Å². The summed E-state index contributed by atoms with van der Waals surface area (Å²) in [4.78, 5) is 14.6. The van der Waals surface area contributed by atoms with Crippen LogP contribution in [0.25, 0.3) is 6.08 Å². The van der Waals surface area contributed by atoms with Gasteiger partial charge in [0.1, 0.15) is 25.6 Å². The van der Waals surface area contributed by atoms with Gasteiger partial charge in [-0.25, -0.2) is 0 Å². The predicted molar refractivity (Wildman–Crippen MR) is 121 cm³/mol. The summed E-state index contributed by atoms with van der Waals surface area (Å²) < 4.78 is 22.4. The van der Waals surface area contributed by atoms with Gasteiger partial charge in [-0.3, -0.25) is 4.79 Å². The Morgan fingerprint density at radius 2 is 1.87 bits per heavy atom. The molecule has 2 aromatic rings. The summed E-state index contributed by atoms with van der Waals surface area (Å²) in [6.07, 6.45) is 3.18. The first-order valence-corrected chi connectivity index (χ1v) is 10.5. The summed E-state index contributed by atoms with van der Waals surface area (Å²) in [6, 6.07) is 11.0. The van der Waals surface area contributed by atoms with E-state index >= 15 is 0 Å². The van der Waals surface area contributed by atoms with E-state index in [1.165, 1.54) is 6.08 Å². The number of methoxy groups -OCH3 is 1. The first-order chi connectivity index (χ1) is 15.1. The Morgan fingerprint density at radius 3 is 2.58 bits per heavy atom. The second-order valence-electron chi connectivity index (χ2n) is 6.97. The highest BCUT2D eigenvalue weighted by Crippen LogP contribution is 2.40.